The molecule has 0 atom stereocenters. The molecule has 0 bridgehead atoms. The van der Waals surface area contributed by atoms with E-state index in [1.54, 1.807) is 0 Å². The molecule has 17 heavy (non-hydrogen) atoms. The standard InChI is InChI=1S/C14H17N3/c1-10-5-3-6-11(9-10)13-14-12(17(2)16-13)7-4-8-15-14/h3,5-6,9,15H,4,7-8H2,1-2H3. The number of anilines is 1. The summed E-state index contributed by atoms with van der Waals surface area (Å²) >= 11 is 0. The Morgan fingerprint density at radius 3 is 3.06 bits per heavy atom. The van der Waals surface area contributed by atoms with E-state index in [0.717, 1.165) is 18.7 Å². The number of rotatable bonds is 1. The summed E-state index contributed by atoms with van der Waals surface area (Å²) in [7, 11) is 2.03. The molecular weight excluding hydrogens is 210 g/mol. The van der Waals surface area contributed by atoms with E-state index in [1.165, 1.54) is 28.9 Å². The second-order valence-corrected chi connectivity index (χ2v) is 4.69. The van der Waals surface area contributed by atoms with Crippen molar-refractivity contribution in [2.45, 2.75) is 19.8 Å². The zero-order chi connectivity index (χ0) is 11.8. The smallest absolute Gasteiger partial charge is 0.116 e. The van der Waals surface area contributed by atoms with Crippen LogP contribution in [0.15, 0.2) is 24.3 Å². The SMILES string of the molecule is Cc1cccc(-c2nn(C)c3c2NCCC3)c1. The third-order valence-electron chi connectivity index (χ3n) is 3.35. The molecule has 2 heterocycles. The highest BCUT2D eigenvalue weighted by molar-refractivity contribution is 5.77. The largest absolute Gasteiger partial charge is 0.382 e. The van der Waals surface area contributed by atoms with Crippen LogP contribution in [0.25, 0.3) is 11.3 Å². The normalized spacial score (nSPS) is 14.2. The fourth-order valence-corrected chi connectivity index (χ4v) is 2.50. The maximum atomic E-state index is 4.66. The van der Waals surface area contributed by atoms with Crippen molar-refractivity contribution in [1.82, 2.24) is 9.78 Å². The van der Waals surface area contributed by atoms with E-state index in [1.807, 2.05) is 11.7 Å². The third kappa shape index (κ3) is 1.71. The lowest BCUT2D eigenvalue weighted by Gasteiger charge is -2.15. The number of nitrogens with zero attached hydrogens (tertiary/aromatic N) is 2. The lowest BCUT2D eigenvalue weighted by atomic mass is 10.0. The minimum absolute atomic E-state index is 1.05. The lowest BCUT2D eigenvalue weighted by Crippen LogP contribution is -2.13. The highest BCUT2D eigenvalue weighted by Gasteiger charge is 2.19. The fraction of sp³-hybridized carbons (Fsp3) is 0.357. The maximum absolute atomic E-state index is 4.66. The molecule has 0 aliphatic carbocycles. The van der Waals surface area contributed by atoms with E-state index in [9.17, 15) is 0 Å². The average Bonchev–Trinajstić information content (AvgIpc) is 2.68. The Hall–Kier alpha value is -1.77. The van der Waals surface area contributed by atoms with Gasteiger partial charge in [-0.15, -0.1) is 0 Å². The van der Waals surface area contributed by atoms with Gasteiger partial charge >= 0.3 is 0 Å². The molecule has 3 rings (SSSR count). The molecular formula is C14H17N3. The maximum Gasteiger partial charge on any atom is 0.116 e. The van der Waals surface area contributed by atoms with Crippen molar-refractivity contribution in [1.29, 1.82) is 0 Å². The number of aromatic nitrogens is 2. The molecule has 1 aromatic heterocycles. The zero-order valence-electron chi connectivity index (χ0n) is 10.3. The summed E-state index contributed by atoms with van der Waals surface area (Å²) in [5, 5.41) is 8.14. The van der Waals surface area contributed by atoms with Gasteiger partial charge in [-0.3, -0.25) is 4.68 Å². The molecule has 1 aromatic carbocycles. The van der Waals surface area contributed by atoms with Gasteiger partial charge in [-0.1, -0.05) is 23.8 Å². The Balaban J connectivity index is 2.15. The van der Waals surface area contributed by atoms with Crippen LogP contribution in [0.3, 0.4) is 0 Å². The van der Waals surface area contributed by atoms with Crippen molar-refractivity contribution in [3.05, 3.63) is 35.5 Å². The topological polar surface area (TPSA) is 29.9 Å². The molecule has 3 nitrogen and oxygen atoms in total. The molecule has 0 amide bonds. The molecule has 3 heteroatoms. The summed E-state index contributed by atoms with van der Waals surface area (Å²) in [5.74, 6) is 0. The average molecular weight is 227 g/mol. The predicted octanol–water partition coefficient (Wildman–Crippen LogP) is 2.75. The van der Waals surface area contributed by atoms with Gasteiger partial charge in [0.2, 0.25) is 0 Å². The number of benzene rings is 1. The van der Waals surface area contributed by atoms with Crippen molar-refractivity contribution >= 4 is 5.69 Å². The van der Waals surface area contributed by atoms with Crippen LogP contribution < -0.4 is 5.32 Å². The van der Waals surface area contributed by atoms with E-state index >= 15 is 0 Å². The Morgan fingerprint density at radius 1 is 1.35 bits per heavy atom. The molecule has 0 saturated heterocycles. The molecule has 0 fully saturated rings. The summed E-state index contributed by atoms with van der Waals surface area (Å²) < 4.78 is 2.01. The monoisotopic (exact) mass is 227 g/mol. The summed E-state index contributed by atoms with van der Waals surface area (Å²) in [5.41, 5.74) is 6.12. The van der Waals surface area contributed by atoms with E-state index < -0.39 is 0 Å². The number of hydrogen-bond acceptors (Lipinski definition) is 2. The van der Waals surface area contributed by atoms with Gasteiger partial charge < -0.3 is 5.32 Å². The zero-order valence-corrected chi connectivity index (χ0v) is 10.3. The van der Waals surface area contributed by atoms with Crippen LogP contribution in [0, 0.1) is 6.92 Å². The van der Waals surface area contributed by atoms with Crippen LogP contribution in [-0.4, -0.2) is 16.3 Å². The molecule has 0 saturated carbocycles. The third-order valence-corrected chi connectivity index (χ3v) is 3.35. The first kappa shape index (κ1) is 10.4. The molecule has 88 valence electrons. The summed E-state index contributed by atoms with van der Waals surface area (Å²) in [6.07, 6.45) is 2.32. The molecule has 1 aliphatic rings. The van der Waals surface area contributed by atoms with Crippen LogP contribution >= 0.6 is 0 Å². The first-order valence-electron chi connectivity index (χ1n) is 6.12. The number of aryl methyl sites for hydroxylation is 2. The summed E-state index contributed by atoms with van der Waals surface area (Å²) in [6, 6.07) is 8.53. The molecule has 0 spiro atoms. The van der Waals surface area contributed by atoms with Gasteiger partial charge in [-0.05, 0) is 25.8 Å². The summed E-state index contributed by atoms with van der Waals surface area (Å²) in [4.78, 5) is 0. The Morgan fingerprint density at radius 2 is 2.24 bits per heavy atom. The van der Waals surface area contributed by atoms with Crippen molar-refractivity contribution < 1.29 is 0 Å². The highest BCUT2D eigenvalue weighted by atomic mass is 15.3. The van der Waals surface area contributed by atoms with E-state index in [4.69, 9.17) is 0 Å². The fourth-order valence-electron chi connectivity index (χ4n) is 2.50. The van der Waals surface area contributed by atoms with Crippen molar-refractivity contribution in [3.63, 3.8) is 0 Å². The van der Waals surface area contributed by atoms with Gasteiger partial charge in [-0.25, -0.2) is 0 Å². The number of nitrogens with one attached hydrogen (secondary N) is 1. The van der Waals surface area contributed by atoms with Crippen molar-refractivity contribution in [2.75, 3.05) is 11.9 Å². The van der Waals surface area contributed by atoms with Gasteiger partial charge in [0.1, 0.15) is 5.69 Å². The van der Waals surface area contributed by atoms with Gasteiger partial charge in [0.25, 0.3) is 0 Å². The first-order chi connectivity index (χ1) is 8.25. The molecule has 1 N–H and O–H groups in total. The highest BCUT2D eigenvalue weighted by Crippen LogP contribution is 2.33. The second kappa shape index (κ2) is 3.91. The Bertz CT molecular complexity index is 555. The predicted molar refractivity (Wildman–Crippen MR) is 70.2 cm³/mol. The molecule has 0 unspecified atom stereocenters. The van der Waals surface area contributed by atoms with Gasteiger partial charge in [0.05, 0.1) is 11.4 Å². The molecule has 1 aliphatic heterocycles. The minimum atomic E-state index is 1.05. The molecule has 0 radical (unpaired) electrons. The van der Waals surface area contributed by atoms with Crippen molar-refractivity contribution in [2.24, 2.45) is 7.05 Å². The van der Waals surface area contributed by atoms with E-state index in [2.05, 4.69) is 41.6 Å². The van der Waals surface area contributed by atoms with E-state index in [-0.39, 0.29) is 0 Å². The van der Waals surface area contributed by atoms with Crippen LogP contribution in [0.1, 0.15) is 17.7 Å². The Kier molecular flexibility index (Phi) is 2.39. The van der Waals surface area contributed by atoms with Gasteiger partial charge in [-0.2, -0.15) is 5.10 Å². The minimum Gasteiger partial charge on any atom is -0.382 e. The summed E-state index contributed by atoms with van der Waals surface area (Å²) in [6.45, 7) is 3.17. The molecule has 2 aromatic rings. The van der Waals surface area contributed by atoms with Gasteiger partial charge in [0, 0.05) is 19.2 Å². The van der Waals surface area contributed by atoms with E-state index in [0.29, 0.717) is 0 Å². The second-order valence-electron chi connectivity index (χ2n) is 4.69. The Labute approximate surface area is 101 Å². The van der Waals surface area contributed by atoms with Crippen LogP contribution in [0.4, 0.5) is 5.69 Å². The van der Waals surface area contributed by atoms with Crippen LogP contribution in [-0.2, 0) is 13.5 Å². The lowest BCUT2D eigenvalue weighted by molar-refractivity contribution is 0.683. The van der Waals surface area contributed by atoms with Crippen LogP contribution in [0.2, 0.25) is 0 Å². The van der Waals surface area contributed by atoms with Gasteiger partial charge in [0.15, 0.2) is 0 Å². The van der Waals surface area contributed by atoms with Crippen molar-refractivity contribution in [3.8, 4) is 11.3 Å². The first-order valence-corrected chi connectivity index (χ1v) is 6.12. The quantitative estimate of drug-likeness (QED) is 0.811. The van der Waals surface area contributed by atoms with Crippen LogP contribution in [0.5, 0.6) is 0 Å². The number of fused-ring (bicyclic) bond motifs is 1. The number of hydrogen-bond donors (Lipinski definition) is 1.